The molecule has 1 N–H and O–H groups in total. The zero-order chi connectivity index (χ0) is 15.8. The van der Waals surface area contributed by atoms with Gasteiger partial charge in [-0.05, 0) is 32.0 Å². The maximum absolute atomic E-state index is 13.8. The van der Waals surface area contributed by atoms with E-state index in [1.165, 1.54) is 6.07 Å². The highest BCUT2D eigenvalue weighted by atomic mass is 79.9. The van der Waals surface area contributed by atoms with Gasteiger partial charge in [0.1, 0.15) is 5.82 Å². The molecule has 0 saturated heterocycles. The minimum absolute atomic E-state index is 0.0103. The summed E-state index contributed by atoms with van der Waals surface area (Å²) >= 11 is 3.31. The summed E-state index contributed by atoms with van der Waals surface area (Å²) in [4.78, 5) is 15.6. The van der Waals surface area contributed by atoms with E-state index in [9.17, 15) is 9.18 Å². The monoisotopic (exact) mass is 360 g/mol. The zero-order valence-electron chi connectivity index (χ0n) is 12.5. The van der Waals surface area contributed by atoms with Crippen LogP contribution in [0.25, 0.3) is 0 Å². The number of hydrogen-bond donors (Lipinski definition) is 1. The van der Waals surface area contributed by atoms with Gasteiger partial charge in [0.05, 0.1) is 13.2 Å². The van der Waals surface area contributed by atoms with Crippen molar-refractivity contribution < 1.29 is 14.3 Å². The Morgan fingerprint density at radius 1 is 1.33 bits per heavy atom. The molecule has 1 aromatic carbocycles. The Hall–Kier alpha value is -0.980. The highest BCUT2D eigenvalue weighted by Gasteiger charge is 2.16. The zero-order valence-corrected chi connectivity index (χ0v) is 14.1. The first-order valence-corrected chi connectivity index (χ1v) is 7.86. The molecule has 0 aromatic heterocycles. The number of carbonyl (C=O) groups is 1. The number of aliphatic hydroxyl groups is 1. The molecule has 0 fully saturated rings. The average molecular weight is 361 g/mol. The molecule has 6 heteroatoms. The van der Waals surface area contributed by atoms with E-state index in [-0.39, 0.29) is 24.9 Å². The second-order valence-corrected chi connectivity index (χ2v) is 5.65. The lowest BCUT2D eigenvalue weighted by Gasteiger charge is -2.25. The molecule has 118 valence electrons. The minimum Gasteiger partial charge on any atom is -0.395 e. The van der Waals surface area contributed by atoms with Crippen LogP contribution in [-0.4, -0.2) is 53.6 Å². The number of hydrogen-bond acceptors (Lipinski definition) is 3. The highest BCUT2D eigenvalue weighted by Crippen LogP contribution is 2.17. The summed E-state index contributed by atoms with van der Waals surface area (Å²) in [6.07, 6.45) is 0. The fourth-order valence-corrected chi connectivity index (χ4v) is 2.54. The van der Waals surface area contributed by atoms with E-state index >= 15 is 0 Å². The third kappa shape index (κ3) is 5.73. The Bertz CT molecular complexity index is 467. The average Bonchev–Trinajstić information content (AvgIpc) is 2.44. The Labute approximate surface area is 133 Å². The van der Waals surface area contributed by atoms with Crippen molar-refractivity contribution in [3.8, 4) is 0 Å². The molecule has 4 nitrogen and oxygen atoms in total. The molecule has 0 aliphatic heterocycles. The van der Waals surface area contributed by atoms with Gasteiger partial charge in [-0.25, -0.2) is 4.39 Å². The summed E-state index contributed by atoms with van der Waals surface area (Å²) in [5.74, 6) is -0.319. The molecule has 0 heterocycles. The third-order valence-corrected chi connectivity index (χ3v) is 3.79. The lowest BCUT2D eigenvalue weighted by Crippen LogP contribution is -2.41. The molecule has 21 heavy (non-hydrogen) atoms. The van der Waals surface area contributed by atoms with Crippen LogP contribution in [0.15, 0.2) is 22.7 Å². The molecule has 0 spiro atoms. The van der Waals surface area contributed by atoms with Gasteiger partial charge in [-0.15, -0.1) is 0 Å². The molecule has 0 bridgehead atoms. The Morgan fingerprint density at radius 3 is 2.57 bits per heavy atom. The van der Waals surface area contributed by atoms with Gasteiger partial charge in [-0.2, -0.15) is 0 Å². The summed E-state index contributed by atoms with van der Waals surface area (Å²) < 4.78 is 14.6. The van der Waals surface area contributed by atoms with Crippen LogP contribution in [0.1, 0.15) is 19.4 Å². The number of nitrogens with zero attached hydrogens (tertiary/aromatic N) is 2. The summed E-state index contributed by atoms with van der Waals surface area (Å²) in [6.45, 7) is 5.87. The van der Waals surface area contributed by atoms with Crippen LogP contribution in [0.5, 0.6) is 0 Å². The smallest absolute Gasteiger partial charge is 0.236 e. The van der Waals surface area contributed by atoms with Gasteiger partial charge in [0.25, 0.3) is 0 Å². The Kier molecular flexibility index (Phi) is 7.85. The molecule has 0 aliphatic carbocycles. The van der Waals surface area contributed by atoms with Crippen LogP contribution in [0.2, 0.25) is 0 Å². The van der Waals surface area contributed by atoms with Crippen LogP contribution in [0.3, 0.4) is 0 Å². The van der Waals surface area contributed by atoms with Gasteiger partial charge >= 0.3 is 0 Å². The number of likely N-dealkylation sites (N-methyl/N-ethyl adjacent to an activating group) is 1. The first kappa shape index (κ1) is 18.1. The minimum atomic E-state index is -0.309. The van der Waals surface area contributed by atoms with Crippen molar-refractivity contribution in [2.24, 2.45) is 0 Å². The lowest BCUT2D eigenvalue weighted by molar-refractivity contribution is -0.132. The van der Waals surface area contributed by atoms with Crippen molar-refractivity contribution in [1.82, 2.24) is 9.80 Å². The molecule has 0 unspecified atom stereocenters. The normalized spacial score (nSPS) is 11.0. The van der Waals surface area contributed by atoms with Gasteiger partial charge in [-0.3, -0.25) is 9.69 Å². The fraction of sp³-hybridized carbons (Fsp3) is 0.533. The van der Waals surface area contributed by atoms with E-state index in [1.807, 2.05) is 13.8 Å². The van der Waals surface area contributed by atoms with Gasteiger partial charge < -0.3 is 10.0 Å². The van der Waals surface area contributed by atoms with Crippen molar-refractivity contribution in [1.29, 1.82) is 0 Å². The largest absolute Gasteiger partial charge is 0.395 e. The van der Waals surface area contributed by atoms with E-state index in [4.69, 9.17) is 5.11 Å². The Morgan fingerprint density at radius 2 is 2.00 bits per heavy atom. The van der Waals surface area contributed by atoms with Crippen LogP contribution >= 0.6 is 15.9 Å². The quantitative estimate of drug-likeness (QED) is 0.773. The van der Waals surface area contributed by atoms with Crippen LogP contribution in [0.4, 0.5) is 4.39 Å². The van der Waals surface area contributed by atoms with Crippen molar-refractivity contribution in [3.63, 3.8) is 0 Å². The van der Waals surface area contributed by atoms with Crippen LogP contribution in [0, 0.1) is 5.82 Å². The van der Waals surface area contributed by atoms with E-state index in [0.717, 1.165) is 4.47 Å². The molecule has 0 atom stereocenters. The van der Waals surface area contributed by atoms with E-state index < -0.39 is 0 Å². The summed E-state index contributed by atoms with van der Waals surface area (Å²) in [7, 11) is 0. The highest BCUT2D eigenvalue weighted by molar-refractivity contribution is 9.10. The number of amides is 1. The predicted octanol–water partition coefficient (Wildman–Crippen LogP) is 2.25. The van der Waals surface area contributed by atoms with Crippen LogP contribution < -0.4 is 0 Å². The van der Waals surface area contributed by atoms with Crippen molar-refractivity contribution in [3.05, 3.63) is 34.1 Å². The molecule has 0 radical (unpaired) electrons. The molecule has 1 amide bonds. The topological polar surface area (TPSA) is 43.8 Å². The number of carbonyl (C=O) groups excluding carboxylic acids is 1. The van der Waals surface area contributed by atoms with Gasteiger partial charge in [-0.1, -0.05) is 15.9 Å². The Balaban J connectivity index is 2.77. The van der Waals surface area contributed by atoms with Crippen molar-refractivity contribution in [2.75, 3.05) is 32.8 Å². The maximum atomic E-state index is 13.8. The molecular weight excluding hydrogens is 339 g/mol. The van der Waals surface area contributed by atoms with Crippen LogP contribution in [-0.2, 0) is 11.3 Å². The number of rotatable bonds is 8. The van der Waals surface area contributed by atoms with Gasteiger partial charge in [0, 0.05) is 36.2 Å². The maximum Gasteiger partial charge on any atom is 0.236 e. The number of halogens is 2. The van der Waals surface area contributed by atoms with E-state index in [1.54, 1.807) is 21.9 Å². The molecule has 0 aliphatic rings. The standard InChI is InChI=1S/C15H22BrFN2O2/c1-3-19(4-2)15(21)11-18(7-8-20)10-12-9-13(16)5-6-14(12)17/h5-6,9,20H,3-4,7-8,10-11H2,1-2H3. The summed E-state index contributed by atoms with van der Waals surface area (Å²) in [6, 6.07) is 4.72. The predicted molar refractivity (Wildman–Crippen MR) is 84.4 cm³/mol. The lowest BCUT2D eigenvalue weighted by atomic mass is 10.2. The van der Waals surface area contributed by atoms with Gasteiger partial charge in [0.2, 0.25) is 5.91 Å². The first-order chi connectivity index (χ1) is 10.0. The molecule has 1 rings (SSSR count). The van der Waals surface area contributed by atoms with Crippen molar-refractivity contribution in [2.45, 2.75) is 20.4 Å². The SMILES string of the molecule is CCN(CC)C(=O)CN(CCO)Cc1cc(Br)ccc1F. The van der Waals surface area contributed by atoms with Gasteiger partial charge in [0.15, 0.2) is 0 Å². The third-order valence-electron chi connectivity index (χ3n) is 3.29. The fourth-order valence-electron chi connectivity index (χ4n) is 2.13. The molecular formula is C15H22BrFN2O2. The summed E-state index contributed by atoms with van der Waals surface area (Å²) in [5, 5.41) is 9.13. The number of aliphatic hydroxyl groups excluding tert-OH is 1. The molecule has 1 aromatic rings. The second-order valence-electron chi connectivity index (χ2n) is 4.74. The van der Waals surface area contributed by atoms with E-state index in [0.29, 0.717) is 31.7 Å². The van der Waals surface area contributed by atoms with E-state index in [2.05, 4.69) is 15.9 Å². The number of benzene rings is 1. The first-order valence-electron chi connectivity index (χ1n) is 7.06. The molecule has 0 saturated carbocycles. The summed E-state index contributed by atoms with van der Waals surface area (Å²) in [5.41, 5.74) is 0.505. The second kappa shape index (κ2) is 9.12. The van der Waals surface area contributed by atoms with Crippen molar-refractivity contribution >= 4 is 21.8 Å².